The van der Waals surface area contributed by atoms with E-state index in [9.17, 15) is 13.2 Å². The van der Waals surface area contributed by atoms with Crippen LogP contribution in [0.25, 0.3) is 10.2 Å². The molecule has 1 fully saturated rings. The molecule has 3 aromatic rings. The van der Waals surface area contributed by atoms with E-state index in [1.165, 1.54) is 23.5 Å². The molecule has 2 aromatic carbocycles. The zero-order valence-electron chi connectivity index (χ0n) is 18.1. The van der Waals surface area contributed by atoms with Gasteiger partial charge < -0.3 is 4.57 Å². The second-order valence-electron chi connectivity index (χ2n) is 8.13. The number of carbonyl (C=O) groups excluding carboxylic acids is 1. The predicted molar refractivity (Wildman–Crippen MR) is 124 cm³/mol. The van der Waals surface area contributed by atoms with Crippen molar-refractivity contribution in [1.29, 1.82) is 0 Å². The fourth-order valence-corrected chi connectivity index (χ4v) is 6.61. The minimum absolute atomic E-state index is 0.226. The van der Waals surface area contributed by atoms with Crippen molar-refractivity contribution in [3.05, 3.63) is 57.9 Å². The van der Waals surface area contributed by atoms with Gasteiger partial charge in [0.15, 0.2) is 4.80 Å². The molecule has 0 radical (unpaired) electrons. The van der Waals surface area contributed by atoms with E-state index in [4.69, 9.17) is 0 Å². The van der Waals surface area contributed by atoms with E-state index >= 15 is 0 Å². The molecule has 2 heterocycles. The highest BCUT2D eigenvalue weighted by Crippen LogP contribution is 2.23. The van der Waals surface area contributed by atoms with Crippen LogP contribution >= 0.6 is 11.3 Å². The quantitative estimate of drug-likeness (QED) is 0.593. The molecule has 31 heavy (non-hydrogen) atoms. The molecule has 1 aliphatic heterocycles. The van der Waals surface area contributed by atoms with Crippen molar-refractivity contribution < 1.29 is 13.2 Å². The Bertz CT molecular complexity index is 1290. The zero-order chi connectivity index (χ0) is 22.2. The number of sulfonamides is 1. The summed E-state index contributed by atoms with van der Waals surface area (Å²) >= 11 is 1.48. The van der Waals surface area contributed by atoms with Gasteiger partial charge in [0.2, 0.25) is 10.0 Å². The fraction of sp³-hybridized carbons (Fsp3) is 0.391. The average Bonchev–Trinajstić information content (AvgIpc) is 2.92. The molecule has 0 aliphatic carbocycles. The number of aromatic nitrogens is 1. The third-order valence-electron chi connectivity index (χ3n) is 5.74. The summed E-state index contributed by atoms with van der Waals surface area (Å²) in [5, 5.41) is 0. The lowest BCUT2D eigenvalue weighted by Gasteiger charge is -2.19. The molecule has 164 valence electrons. The fourth-order valence-electron chi connectivity index (χ4n) is 4.03. The van der Waals surface area contributed by atoms with Crippen molar-refractivity contribution in [2.75, 3.05) is 13.1 Å². The Labute approximate surface area is 186 Å². The van der Waals surface area contributed by atoms with Gasteiger partial charge in [-0.25, -0.2) is 8.42 Å². The SMILES string of the molecule is Cc1cc(C)c2sc(=NC(=O)c3ccc(S(=O)(=O)N4CCCCCC4)cc3)n(C)c2c1. The molecule has 0 bridgehead atoms. The summed E-state index contributed by atoms with van der Waals surface area (Å²) in [6.45, 7) is 5.22. The summed E-state index contributed by atoms with van der Waals surface area (Å²) < 4.78 is 30.5. The summed E-state index contributed by atoms with van der Waals surface area (Å²) in [6, 6.07) is 10.3. The van der Waals surface area contributed by atoms with E-state index in [0.29, 0.717) is 23.5 Å². The normalized spacial score (nSPS) is 16.5. The van der Waals surface area contributed by atoms with E-state index in [0.717, 1.165) is 47.0 Å². The second kappa shape index (κ2) is 8.68. The third kappa shape index (κ3) is 4.37. The van der Waals surface area contributed by atoms with Crippen LogP contribution in [-0.4, -0.2) is 36.3 Å². The highest BCUT2D eigenvalue weighted by Gasteiger charge is 2.25. The molecular weight excluding hydrogens is 430 g/mol. The van der Waals surface area contributed by atoms with Crippen LogP contribution in [0.5, 0.6) is 0 Å². The summed E-state index contributed by atoms with van der Waals surface area (Å²) in [5.41, 5.74) is 3.75. The number of hydrogen-bond acceptors (Lipinski definition) is 4. The van der Waals surface area contributed by atoms with E-state index in [1.54, 1.807) is 16.4 Å². The lowest BCUT2D eigenvalue weighted by molar-refractivity contribution is 0.0998. The maximum Gasteiger partial charge on any atom is 0.279 e. The van der Waals surface area contributed by atoms with Gasteiger partial charge in [0, 0.05) is 25.7 Å². The Hall–Kier alpha value is -2.29. The minimum Gasteiger partial charge on any atom is -0.319 e. The first kappa shape index (κ1) is 21.9. The van der Waals surface area contributed by atoms with Gasteiger partial charge in [0.25, 0.3) is 5.91 Å². The van der Waals surface area contributed by atoms with Crippen LogP contribution in [0.2, 0.25) is 0 Å². The number of carbonyl (C=O) groups is 1. The maximum absolute atomic E-state index is 12.9. The van der Waals surface area contributed by atoms with Gasteiger partial charge in [-0.1, -0.05) is 30.2 Å². The van der Waals surface area contributed by atoms with Crippen molar-refractivity contribution in [3.63, 3.8) is 0 Å². The molecular formula is C23H27N3O3S2. The lowest BCUT2D eigenvalue weighted by Crippen LogP contribution is -2.31. The van der Waals surface area contributed by atoms with E-state index in [1.807, 2.05) is 18.5 Å². The monoisotopic (exact) mass is 457 g/mol. The molecule has 1 aromatic heterocycles. The first-order valence-electron chi connectivity index (χ1n) is 10.5. The zero-order valence-corrected chi connectivity index (χ0v) is 19.7. The van der Waals surface area contributed by atoms with Gasteiger partial charge in [-0.3, -0.25) is 4.79 Å². The van der Waals surface area contributed by atoms with Crippen LogP contribution in [0.15, 0.2) is 46.3 Å². The number of thiazole rings is 1. The molecule has 4 rings (SSSR count). The molecule has 8 heteroatoms. The summed E-state index contributed by atoms with van der Waals surface area (Å²) in [5.74, 6) is -0.379. The summed E-state index contributed by atoms with van der Waals surface area (Å²) in [7, 11) is -1.63. The van der Waals surface area contributed by atoms with Crippen molar-refractivity contribution >= 4 is 37.5 Å². The van der Waals surface area contributed by atoms with Gasteiger partial charge in [-0.2, -0.15) is 9.30 Å². The molecule has 1 aliphatic rings. The predicted octanol–water partition coefficient (Wildman–Crippen LogP) is 4.16. The van der Waals surface area contributed by atoms with Crippen molar-refractivity contribution in [2.24, 2.45) is 12.0 Å². The highest BCUT2D eigenvalue weighted by atomic mass is 32.2. The molecule has 1 saturated heterocycles. The highest BCUT2D eigenvalue weighted by molar-refractivity contribution is 7.89. The van der Waals surface area contributed by atoms with Gasteiger partial charge in [-0.15, -0.1) is 0 Å². The molecule has 0 unspecified atom stereocenters. The second-order valence-corrected chi connectivity index (χ2v) is 11.0. The number of fused-ring (bicyclic) bond motifs is 1. The molecule has 0 saturated carbocycles. The maximum atomic E-state index is 12.9. The Balaban J connectivity index is 1.63. The van der Waals surface area contributed by atoms with E-state index in [-0.39, 0.29) is 10.8 Å². The number of amides is 1. The minimum atomic E-state index is -3.53. The molecule has 0 N–H and O–H groups in total. The summed E-state index contributed by atoms with van der Waals surface area (Å²) in [6.07, 6.45) is 3.91. The van der Waals surface area contributed by atoms with Gasteiger partial charge in [-0.05, 0) is 68.1 Å². The van der Waals surface area contributed by atoms with Crippen LogP contribution in [0.1, 0.15) is 47.2 Å². The number of nitrogens with zero attached hydrogens (tertiary/aromatic N) is 3. The van der Waals surface area contributed by atoms with Crippen LogP contribution in [0, 0.1) is 13.8 Å². The van der Waals surface area contributed by atoms with E-state index < -0.39 is 10.0 Å². The Morgan fingerprint density at radius 3 is 2.29 bits per heavy atom. The van der Waals surface area contributed by atoms with Crippen LogP contribution in [0.4, 0.5) is 0 Å². The van der Waals surface area contributed by atoms with Crippen LogP contribution in [0.3, 0.4) is 0 Å². The third-order valence-corrected chi connectivity index (χ3v) is 8.94. The molecule has 6 nitrogen and oxygen atoms in total. The number of aryl methyl sites for hydroxylation is 3. The first-order chi connectivity index (χ1) is 14.8. The number of hydrogen-bond donors (Lipinski definition) is 0. The van der Waals surface area contributed by atoms with Gasteiger partial charge >= 0.3 is 0 Å². The number of rotatable bonds is 3. The standard InChI is InChI=1S/C23H27N3O3S2/c1-16-14-17(2)21-20(15-16)25(3)23(30-21)24-22(27)18-8-10-19(11-9-18)31(28,29)26-12-6-4-5-7-13-26/h8-11,14-15H,4-7,12-13H2,1-3H3. The lowest BCUT2D eigenvalue weighted by atomic mass is 10.1. The van der Waals surface area contributed by atoms with Crippen LogP contribution < -0.4 is 4.80 Å². The first-order valence-corrected chi connectivity index (χ1v) is 12.8. The Morgan fingerprint density at radius 2 is 1.65 bits per heavy atom. The van der Waals surface area contributed by atoms with Crippen molar-refractivity contribution in [1.82, 2.24) is 8.87 Å². The van der Waals surface area contributed by atoms with Crippen molar-refractivity contribution in [2.45, 2.75) is 44.4 Å². The van der Waals surface area contributed by atoms with E-state index in [2.05, 4.69) is 24.0 Å². The number of benzene rings is 2. The Morgan fingerprint density at radius 1 is 1.00 bits per heavy atom. The van der Waals surface area contributed by atoms with Gasteiger partial charge in [0.05, 0.1) is 15.1 Å². The Kier molecular flexibility index (Phi) is 6.14. The van der Waals surface area contributed by atoms with Crippen molar-refractivity contribution in [3.8, 4) is 0 Å². The van der Waals surface area contributed by atoms with Crippen LogP contribution in [-0.2, 0) is 17.1 Å². The summed E-state index contributed by atoms with van der Waals surface area (Å²) in [4.78, 5) is 17.9. The average molecular weight is 458 g/mol. The molecule has 0 atom stereocenters. The smallest absolute Gasteiger partial charge is 0.279 e. The van der Waals surface area contributed by atoms with Gasteiger partial charge in [0.1, 0.15) is 0 Å². The molecule has 0 spiro atoms. The largest absolute Gasteiger partial charge is 0.319 e. The molecule has 1 amide bonds. The topological polar surface area (TPSA) is 71.7 Å².